The molecule has 19 heavy (non-hydrogen) atoms. The van der Waals surface area contributed by atoms with E-state index in [2.05, 4.69) is 4.98 Å². The molecule has 0 aliphatic heterocycles. The lowest BCUT2D eigenvalue weighted by Crippen LogP contribution is -2.28. The molecule has 0 radical (unpaired) electrons. The minimum absolute atomic E-state index is 0.0172. The minimum Gasteiger partial charge on any atom is -0.385 e. The second kappa shape index (κ2) is 8.12. The van der Waals surface area contributed by atoms with E-state index in [1.807, 2.05) is 6.92 Å². The van der Waals surface area contributed by atoms with Crippen LogP contribution < -0.4 is 0 Å². The molecule has 0 fully saturated rings. The molecule has 4 nitrogen and oxygen atoms in total. The van der Waals surface area contributed by atoms with Crippen molar-refractivity contribution in [3.63, 3.8) is 0 Å². The van der Waals surface area contributed by atoms with Crippen molar-refractivity contribution in [3.05, 3.63) is 28.5 Å². The van der Waals surface area contributed by atoms with Crippen LogP contribution in [0.5, 0.6) is 0 Å². The highest BCUT2D eigenvalue weighted by atomic mass is 35.5. The highest BCUT2D eigenvalue weighted by molar-refractivity contribution is 6.29. The maximum absolute atomic E-state index is 12.2. The summed E-state index contributed by atoms with van der Waals surface area (Å²) in [6, 6.07) is 3.43. The van der Waals surface area contributed by atoms with Crippen LogP contribution in [0.4, 0.5) is 0 Å². The number of carbonyl (C=O) groups is 1. The molecule has 1 rings (SSSR count). The van der Waals surface area contributed by atoms with Gasteiger partial charge in [-0.1, -0.05) is 18.5 Å². The third kappa shape index (κ3) is 5.17. The number of nitrogens with zero attached hydrogens (tertiary/aromatic N) is 2. The van der Waals surface area contributed by atoms with E-state index in [9.17, 15) is 4.79 Å². The standard InChI is InChI=1S/C14H21ClN2O2/c1-4-12-9-11(10-13(15)16-12)14(18)17(2)7-5-6-8-19-3/h9-10H,4-8H2,1-3H3. The number of carbonyl (C=O) groups excluding carboxylic acids is 1. The summed E-state index contributed by atoms with van der Waals surface area (Å²) in [5, 5.41) is 0.371. The predicted octanol–water partition coefficient (Wildman–Crippen LogP) is 2.80. The van der Waals surface area contributed by atoms with Crippen molar-refractivity contribution in [1.29, 1.82) is 0 Å². The van der Waals surface area contributed by atoms with Gasteiger partial charge in [0.1, 0.15) is 5.15 Å². The number of ether oxygens (including phenoxy) is 1. The Morgan fingerprint density at radius 2 is 2.16 bits per heavy atom. The van der Waals surface area contributed by atoms with Gasteiger partial charge in [0.2, 0.25) is 0 Å². The first-order chi connectivity index (χ1) is 9.08. The first kappa shape index (κ1) is 15.9. The van der Waals surface area contributed by atoms with Gasteiger partial charge in [0, 0.05) is 38.6 Å². The zero-order chi connectivity index (χ0) is 14.3. The summed E-state index contributed by atoms with van der Waals surface area (Å²) in [6.07, 6.45) is 2.64. The van der Waals surface area contributed by atoms with E-state index in [0.29, 0.717) is 17.3 Å². The summed E-state index contributed by atoms with van der Waals surface area (Å²) in [7, 11) is 3.48. The van der Waals surface area contributed by atoms with Gasteiger partial charge in [-0.3, -0.25) is 4.79 Å². The smallest absolute Gasteiger partial charge is 0.253 e. The monoisotopic (exact) mass is 284 g/mol. The van der Waals surface area contributed by atoms with Gasteiger partial charge in [0.05, 0.1) is 0 Å². The van der Waals surface area contributed by atoms with E-state index in [1.165, 1.54) is 0 Å². The molecule has 0 saturated carbocycles. The van der Waals surface area contributed by atoms with E-state index in [0.717, 1.165) is 31.6 Å². The summed E-state index contributed by atoms with van der Waals surface area (Å²) in [4.78, 5) is 18.1. The van der Waals surface area contributed by atoms with Crippen molar-refractivity contribution in [1.82, 2.24) is 9.88 Å². The molecular weight excluding hydrogens is 264 g/mol. The number of unbranched alkanes of at least 4 members (excludes halogenated alkanes) is 1. The Morgan fingerprint density at radius 3 is 2.79 bits per heavy atom. The Bertz CT molecular complexity index is 424. The predicted molar refractivity (Wildman–Crippen MR) is 76.7 cm³/mol. The highest BCUT2D eigenvalue weighted by Crippen LogP contribution is 2.13. The Kier molecular flexibility index (Phi) is 6.81. The van der Waals surface area contributed by atoms with E-state index >= 15 is 0 Å². The Morgan fingerprint density at radius 1 is 1.42 bits per heavy atom. The van der Waals surface area contributed by atoms with E-state index in [4.69, 9.17) is 16.3 Å². The number of pyridine rings is 1. The van der Waals surface area contributed by atoms with Crippen LogP contribution in [0.15, 0.2) is 12.1 Å². The Balaban J connectivity index is 2.63. The summed E-state index contributed by atoms with van der Waals surface area (Å²) in [5.74, 6) is -0.0172. The second-order valence-electron chi connectivity index (χ2n) is 4.45. The van der Waals surface area contributed by atoms with Gasteiger partial charge in [0.15, 0.2) is 0 Å². The second-order valence-corrected chi connectivity index (χ2v) is 4.84. The zero-order valence-corrected chi connectivity index (χ0v) is 12.5. The molecule has 0 aromatic carbocycles. The van der Waals surface area contributed by atoms with Crippen LogP contribution in [0, 0.1) is 0 Å². The van der Waals surface area contributed by atoms with Gasteiger partial charge in [0.25, 0.3) is 5.91 Å². The molecule has 1 amide bonds. The van der Waals surface area contributed by atoms with Gasteiger partial charge in [-0.15, -0.1) is 0 Å². The first-order valence-corrected chi connectivity index (χ1v) is 6.87. The quantitative estimate of drug-likeness (QED) is 0.571. The third-order valence-corrected chi connectivity index (χ3v) is 3.09. The van der Waals surface area contributed by atoms with Gasteiger partial charge < -0.3 is 9.64 Å². The molecule has 106 valence electrons. The van der Waals surface area contributed by atoms with Crippen molar-refractivity contribution < 1.29 is 9.53 Å². The molecule has 0 atom stereocenters. The lowest BCUT2D eigenvalue weighted by Gasteiger charge is -2.17. The van der Waals surface area contributed by atoms with Gasteiger partial charge in [-0.25, -0.2) is 4.98 Å². The molecule has 0 aliphatic rings. The molecule has 1 aromatic heterocycles. The van der Waals surface area contributed by atoms with Gasteiger partial charge >= 0.3 is 0 Å². The van der Waals surface area contributed by atoms with Crippen LogP contribution in [-0.4, -0.2) is 43.1 Å². The average molecular weight is 285 g/mol. The molecule has 0 aliphatic carbocycles. The molecule has 0 bridgehead atoms. The number of hydrogen-bond acceptors (Lipinski definition) is 3. The first-order valence-electron chi connectivity index (χ1n) is 6.49. The Labute approximate surface area is 119 Å². The minimum atomic E-state index is -0.0172. The van der Waals surface area contributed by atoms with Crippen molar-refractivity contribution >= 4 is 17.5 Å². The molecule has 5 heteroatoms. The van der Waals surface area contributed by atoms with Crippen LogP contribution in [0.25, 0.3) is 0 Å². The lowest BCUT2D eigenvalue weighted by atomic mass is 10.1. The molecule has 1 aromatic rings. The van der Waals surface area contributed by atoms with Gasteiger partial charge in [-0.05, 0) is 31.4 Å². The number of aromatic nitrogens is 1. The van der Waals surface area contributed by atoms with Crippen LogP contribution >= 0.6 is 11.6 Å². The van der Waals surface area contributed by atoms with Crippen molar-refractivity contribution in [2.24, 2.45) is 0 Å². The lowest BCUT2D eigenvalue weighted by molar-refractivity contribution is 0.0788. The fraction of sp³-hybridized carbons (Fsp3) is 0.571. The Hall–Kier alpha value is -1.13. The van der Waals surface area contributed by atoms with Crippen LogP contribution in [0.3, 0.4) is 0 Å². The fourth-order valence-corrected chi connectivity index (χ4v) is 2.00. The van der Waals surface area contributed by atoms with E-state index < -0.39 is 0 Å². The van der Waals surface area contributed by atoms with Crippen LogP contribution in [0.2, 0.25) is 5.15 Å². The molecule has 0 spiro atoms. The van der Waals surface area contributed by atoms with Crippen molar-refractivity contribution in [2.75, 3.05) is 27.3 Å². The van der Waals surface area contributed by atoms with E-state index in [-0.39, 0.29) is 5.91 Å². The topological polar surface area (TPSA) is 42.4 Å². The van der Waals surface area contributed by atoms with Crippen LogP contribution in [0.1, 0.15) is 35.8 Å². The normalized spacial score (nSPS) is 10.5. The molecule has 0 N–H and O–H groups in total. The largest absolute Gasteiger partial charge is 0.385 e. The third-order valence-electron chi connectivity index (χ3n) is 2.90. The van der Waals surface area contributed by atoms with Crippen molar-refractivity contribution in [2.45, 2.75) is 26.2 Å². The summed E-state index contributed by atoms with van der Waals surface area (Å²) < 4.78 is 4.99. The summed E-state index contributed by atoms with van der Waals surface area (Å²) >= 11 is 5.92. The number of rotatable bonds is 7. The van der Waals surface area contributed by atoms with Gasteiger partial charge in [-0.2, -0.15) is 0 Å². The molecular formula is C14H21ClN2O2. The number of halogens is 1. The number of methoxy groups -OCH3 is 1. The van der Waals surface area contributed by atoms with E-state index in [1.54, 1.807) is 31.2 Å². The fourth-order valence-electron chi connectivity index (χ4n) is 1.77. The maximum Gasteiger partial charge on any atom is 0.253 e. The molecule has 0 unspecified atom stereocenters. The summed E-state index contributed by atoms with van der Waals surface area (Å²) in [5.41, 5.74) is 1.44. The number of aryl methyl sites for hydroxylation is 1. The average Bonchev–Trinajstić information content (AvgIpc) is 2.41. The zero-order valence-electron chi connectivity index (χ0n) is 11.8. The number of hydrogen-bond donors (Lipinski definition) is 0. The SMILES string of the molecule is CCc1cc(C(=O)N(C)CCCCOC)cc(Cl)n1. The number of amides is 1. The molecule has 0 saturated heterocycles. The van der Waals surface area contributed by atoms with Crippen molar-refractivity contribution in [3.8, 4) is 0 Å². The highest BCUT2D eigenvalue weighted by Gasteiger charge is 2.13. The van der Waals surface area contributed by atoms with Crippen LogP contribution in [-0.2, 0) is 11.2 Å². The maximum atomic E-state index is 12.2. The molecule has 1 heterocycles. The summed E-state index contributed by atoms with van der Waals surface area (Å²) in [6.45, 7) is 3.42.